The van der Waals surface area contributed by atoms with E-state index < -0.39 is 5.91 Å². The lowest BCUT2D eigenvalue weighted by molar-refractivity contribution is -0.684. The first-order valence-corrected chi connectivity index (χ1v) is 3.20. The summed E-state index contributed by atoms with van der Waals surface area (Å²) in [5.41, 5.74) is 1.55. The van der Waals surface area contributed by atoms with Crippen molar-refractivity contribution >= 4 is 5.91 Å². The van der Waals surface area contributed by atoms with Gasteiger partial charge in [-0.05, 0) is 0 Å². The monoisotopic (exact) mass is 232 g/mol. The molecule has 12 heavy (non-hydrogen) atoms. The molecule has 0 bridgehead atoms. The highest BCUT2D eigenvalue weighted by molar-refractivity contribution is 5.72. The Morgan fingerprint density at radius 2 is 1.92 bits per heavy atom. The van der Waals surface area contributed by atoms with Crippen molar-refractivity contribution in [2.45, 2.75) is 6.54 Å². The second kappa shape index (κ2) is 5.68. The van der Waals surface area contributed by atoms with Crippen LogP contribution in [0.5, 0.6) is 0 Å². The molecule has 0 aliphatic heterocycles. The third-order valence-corrected chi connectivity index (χ3v) is 1.23. The van der Waals surface area contributed by atoms with Crippen molar-refractivity contribution in [1.29, 1.82) is 0 Å². The third-order valence-electron chi connectivity index (χ3n) is 1.23. The Balaban J connectivity index is 0.00000121. The van der Waals surface area contributed by atoms with E-state index in [2.05, 4.69) is 0 Å². The molecular weight excluding hydrogens is 224 g/mol. The standard InChI is InChI=1S/C7H8N2O2.BrH/c10-7(8-11)6-9-4-2-1-3-5-9;/h1-5H,6H2,(H-,8,10,11);1H. The van der Waals surface area contributed by atoms with Gasteiger partial charge in [-0.1, -0.05) is 6.07 Å². The number of hydrogen-bond acceptors (Lipinski definition) is 2. The summed E-state index contributed by atoms with van der Waals surface area (Å²) in [6.07, 6.45) is 3.49. The van der Waals surface area contributed by atoms with Crippen LogP contribution in [0, 0.1) is 0 Å². The molecule has 0 saturated heterocycles. The van der Waals surface area contributed by atoms with Crippen molar-refractivity contribution in [2.24, 2.45) is 0 Å². The molecule has 0 fully saturated rings. The zero-order chi connectivity index (χ0) is 8.10. The first-order chi connectivity index (χ1) is 5.33. The van der Waals surface area contributed by atoms with Gasteiger partial charge in [-0.3, -0.25) is 10.0 Å². The molecule has 0 saturated carbocycles. The van der Waals surface area contributed by atoms with E-state index in [4.69, 9.17) is 5.21 Å². The summed E-state index contributed by atoms with van der Waals surface area (Å²) in [6, 6.07) is 5.47. The van der Waals surface area contributed by atoms with E-state index >= 15 is 0 Å². The molecule has 0 aliphatic rings. The van der Waals surface area contributed by atoms with Gasteiger partial charge in [0, 0.05) is 12.1 Å². The highest BCUT2D eigenvalue weighted by Gasteiger charge is 2.04. The van der Waals surface area contributed by atoms with E-state index in [9.17, 15) is 4.79 Å². The van der Waals surface area contributed by atoms with Crippen LogP contribution in [0.25, 0.3) is 0 Å². The van der Waals surface area contributed by atoms with Crippen LogP contribution in [0.2, 0.25) is 0 Å². The van der Waals surface area contributed by atoms with Gasteiger partial charge in [0.05, 0.1) is 0 Å². The average Bonchev–Trinajstić information content (AvgIpc) is 2.06. The van der Waals surface area contributed by atoms with Gasteiger partial charge in [-0.15, -0.1) is 0 Å². The fraction of sp³-hybridized carbons (Fsp3) is 0.143. The molecule has 0 aromatic carbocycles. The van der Waals surface area contributed by atoms with E-state index in [1.165, 1.54) is 0 Å². The lowest BCUT2D eigenvalue weighted by Gasteiger charge is -1.92. The maximum atomic E-state index is 10.6. The summed E-state index contributed by atoms with van der Waals surface area (Å²) in [4.78, 5) is 10.6. The number of nitrogens with zero attached hydrogens (tertiary/aromatic N) is 1. The third kappa shape index (κ3) is 3.45. The molecule has 1 aromatic heterocycles. The summed E-state index contributed by atoms with van der Waals surface area (Å²) in [5, 5.41) is 8.18. The topological polar surface area (TPSA) is 53.2 Å². The van der Waals surface area contributed by atoms with Crippen molar-refractivity contribution in [1.82, 2.24) is 5.48 Å². The SMILES string of the molecule is O=C(C[n+]1ccccc1)NO.[Br-]. The second-order valence-electron chi connectivity index (χ2n) is 2.08. The number of hydroxylamine groups is 1. The molecule has 1 rings (SSSR count). The van der Waals surface area contributed by atoms with E-state index in [1.807, 2.05) is 18.2 Å². The Kier molecular flexibility index (Phi) is 5.23. The molecule has 0 atom stereocenters. The van der Waals surface area contributed by atoms with E-state index in [0.717, 1.165) is 0 Å². The molecule has 1 heterocycles. The molecule has 66 valence electrons. The van der Waals surface area contributed by atoms with Crippen LogP contribution in [0.4, 0.5) is 0 Å². The maximum absolute atomic E-state index is 10.6. The molecule has 0 aliphatic carbocycles. The lowest BCUT2D eigenvalue weighted by atomic mass is 10.5. The van der Waals surface area contributed by atoms with Crippen molar-refractivity contribution in [3.05, 3.63) is 30.6 Å². The summed E-state index contributed by atoms with van der Waals surface area (Å²) < 4.78 is 1.66. The van der Waals surface area contributed by atoms with Crippen molar-refractivity contribution in [3.8, 4) is 0 Å². The first kappa shape index (κ1) is 11.1. The summed E-state index contributed by atoms with van der Waals surface area (Å²) in [5.74, 6) is -0.429. The van der Waals surface area contributed by atoms with Crippen LogP contribution >= 0.6 is 0 Å². The molecule has 0 spiro atoms. The molecule has 0 unspecified atom stereocenters. The van der Waals surface area contributed by atoms with Crippen LogP contribution < -0.4 is 27.0 Å². The Hall–Kier alpha value is -0.940. The molecule has 0 radical (unpaired) electrons. The zero-order valence-corrected chi connectivity index (χ0v) is 7.86. The highest BCUT2D eigenvalue weighted by Crippen LogP contribution is 1.76. The number of carbonyl (C=O) groups excluding carboxylic acids is 1. The summed E-state index contributed by atoms with van der Waals surface area (Å²) in [7, 11) is 0. The Bertz CT molecular complexity index is 240. The van der Waals surface area contributed by atoms with Crippen LogP contribution in [-0.4, -0.2) is 11.1 Å². The van der Waals surface area contributed by atoms with Gasteiger partial charge in [-0.2, -0.15) is 4.57 Å². The number of hydrogen-bond donors (Lipinski definition) is 2. The van der Waals surface area contributed by atoms with Crippen molar-refractivity contribution in [2.75, 3.05) is 0 Å². The number of nitrogens with one attached hydrogen (secondary N) is 1. The lowest BCUT2D eigenvalue weighted by Crippen LogP contribution is -3.00. The molecule has 4 nitrogen and oxygen atoms in total. The summed E-state index contributed by atoms with van der Waals surface area (Å²) >= 11 is 0. The number of rotatable bonds is 2. The number of amides is 1. The molecular formula is C7H9BrN2O2. The van der Waals surface area contributed by atoms with Crippen LogP contribution in [0.1, 0.15) is 0 Å². The Morgan fingerprint density at radius 3 is 2.42 bits per heavy atom. The van der Waals surface area contributed by atoms with Crippen molar-refractivity contribution < 1.29 is 31.6 Å². The van der Waals surface area contributed by atoms with E-state index in [0.29, 0.717) is 0 Å². The molecule has 1 aromatic rings. The van der Waals surface area contributed by atoms with Gasteiger partial charge >= 0.3 is 5.91 Å². The largest absolute Gasteiger partial charge is 1.00 e. The Labute approximate surface area is 80.6 Å². The molecule has 5 heteroatoms. The first-order valence-electron chi connectivity index (χ1n) is 3.20. The molecule has 2 N–H and O–H groups in total. The number of aromatic nitrogens is 1. The second-order valence-corrected chi connectivity index (χ2v) is 2.08. The van der Waals surface area contributed by atoms with Crippen molar-refractivity contribution in [3.63, 3.8) is 0 Å². The van der Waals surface area contributed by atoms with Gasteiger partial charge in [0.1, 0.15) is 0 Å². The van der Waals surface area contributed by atoms with E-state index in [1.54, 1.807) is 22.4 Å². The zero-order valence-electron chi connectivity index (χ0n) is 6.27. The van der Waals surface area contributed by atoms with Gasteiger partial charge in [0.2, 0.25) is 6.54 Å². The van der Waals surface area contributed by atoms with Gasteiger partial charge < -0.3 is 17.0 Å². The van der Waals surface area contributed by atoms with E-state index in [-0.39, 0.29) is 23.5 Å². The summed E-state index contributed by atoms with van der Waals surface area (Å²) in [6.45, 7) is 0.136. The van der Waals surface area contributed by atoms with Gasteiger partial charge in [0.25, 0.3) is 0 Å². The van der Waals surface area contributed by atoms with Crippen LogP contribution in [-0.2, 0) is 11.3 Å². The number of carbonyl (C=O) groups is 1. The fourth-order valence-corrected chi connectivity index (χ4v) is 0.741. The van der Waals surface area contributed by atoms with Crippen LogP contribution in [0.15, 0.2) is 30.6 Å². The highest BCUT2D eigenvalue weighted by atomic mass is 79.9. The van der Waals surface area contributed by atoms with Crippen LogP contribution in [0.3, 0.4) is 0 Å². The van der Waals surface area contributed by atoms with Gasteiger partial charge in [-0.25, -0.2) is 5.48 Å². The molecule has 1 amide bonds. The normalized spacial score (nSPS) is 8.42. The predicted octanol–water partition coefficient (Wildman–Crippen LogP) is -3.52. The van der Waals surface area contributed by atoms with Gasteiger partial charge in [0.15, 0.2) is 12.4 Å². The predicted molar refractivity (Wildman–Crippen MR) is 36.6 cm³/mol. The number of pyridine rings is 1. The number of halogens is 1. The maximum Gasteiger partial charge on any atom is 0.309 e. The minimum Gasteiger partial charge on any atom is -1.00 e. The minimum absolute atomic E-state index is 0. The average molecular weight is 233 g/mol. The Morgan fingerprint density at radius 1 is 1.33 bits per heavy atom. The quantitative estimate of drug-likeness (QED) is 0.316. The smallest absolute Gasteiger partial charge is 0.309 e. The minimum atomic E-state index is -0.429. The fourth-order valence-electron chi connectivity index (χ4n) is 0.741.